The van der Waals surface area contributed by atoms with E-state index in [1.165, 1.54) is 0 Å². The predicted octanol–water partition coefficient (Wildman–Crippen LogP) is 3.72. The lowest BCUT2D eigenvalue weighted by atomic mass is 10.2. The van der Waals surface area contributed by atoms with E-state index in [0.717, 1.165) is 16.9 Å². The summed E-state index contributed by atoms with van der Waals surface area (Å²) in [5.41, 5.74) is 2.75. The average molecular weight is 289 g/mol. The SMILES string of the molecule is Cc1ccc(Cl)cc1NC(=O)CN(C)c1ccccc1. The number of halogens is 1. The molecule has 2 rings (SSSR count). The Morgan fingerprint density at radius 2 is 1.90 bits per heavy atom. The topological polar surface area (TPSA) is 32.3 Å². The summed E-state index contributed by atoms with van der Waals surface area (Å²) < 4.78 is 0. The molecule has 0 fully saturated rings. The third-order valence-corrected chi connectivity index (χ3v) is 3.29. The minimum absolute atomic E-state index is 0.0679. The van der Waals surface area contributed by atoms with Crippen LogP contribution in [0.4, 0.5) is 11.4 Å². The first-order valence-corrected chi connectivity index (χ1v) is 6.76. The monoisotopic (exact) mass is 288 g/mol. The van der Waals surface area contributed by atoms with Gasteiger partial charge in [-0.25, -0.2) is 0 Å². The zero-order valence-corrected chi connectivity index (χ0v) is 12.3. The number of hydrogen-bond donors (Lipinski definition) is 1. The van der Waals surface area contributed by atoms with Crippen molar-refractivity contribution in [3.63, 3.8) is 0 Å². The van der Waals surface area contributed by atoms with Gasteiger partial charge in [0, 0.05) is 23.4 Å². The Morgan fingerprint density at radius 1 is 1.20 bits per heavy atom. The number of carbonyl (C=O) groups excluding carboxylic acids is 1. The Kier molecular flexibility index (Phi) is 4.64. The molecule has 4 heteroatoms. The maximum absolute atomic E-state index is 12.1. The molecule has 2 aromatic carbocycles. The van der Waals surface area contributed by atoms with E-state index in [2.05, 4.69) is 5.32 Å². The van der Waals surface area contributed by atoms with Crippen molar-refractivity contribution in [2.45, 2.75) is 6.92 Å². The van der Waals surface area contributed by atoms with E-state index in [-0.39, 0.29) is 12.5 Å². The number of benzene rings is 2. The number of hydrogen-bond acceptors (Lipinski definition) is 2. The molecule has 1 N–H and O–H groups in total. The summed E-state index contributed by atoms with van der Waals surface area (Å²) in [7, 11) is 1.89. The lowest BCUT2D eigenvalue weighted by molar-refractivity contribution is -0.114. The summed E-state index contributed by atoms with van der Waals surface area (Å²) in [4.78, 5) is 14.0. The first kappa shape index (κ1) is 14.4. The number of para-hydroxylation sites is 1. The quantitative estimate of drug-likeness (QED) is 0.930. The first-order valence-electron chi connectivity index (χ1n) is 6.38. The molecule has 0 atom stereocenters. The van der Waals surface area contributed by atoms with Crippen LogP contribution in [0.25, 0.3) is 0 Å². The van der Waals surface area contributed by atoms with Gasteiger partial charge >= 0.3 is 0 Å². The molecule has 0 radical (unpaired) electrons. The number of rotatable bonds is 4. The molecule has 3 nitrogen and oxygen atoms in total. The number of anilines is 2. The number of nitrogens with zero attached hydrogens (tertiary/aromatic N) is 1. The Labute approximate surface area is 124 Å². The van der Waals surface area contributed by atoms with Crippen molar-refractivity contribution in [3.05, 3.63) is 59.1 Å². The van der Waals surface area contributed by atoms with Crippen molar-refractivity contribution in [2.24, 2.45) is 0 Å². The zero-order chi connectivity index (χ0) is 14.5. The van der Waals surface area contributed by atoms with Gasteiger partial charge in [0.25, 0.3) is 0 Å². The van der Waals surface area contributed by atoms with E-state index >= 15 is 0 Å². The Hall–Kier alpha value is -2.00. The first-order chi connectivity index (χ1) is 9.56. The van der Waals surface area contributed by atoms with E-state index in [9.17, 15) is 4.79 Å². The Morgan fingerprint density at radius 3 is 2.60 bits per heavy atom. The van der Waals surface area contributed by atoms with Gasteiger partial charge in [0.2, 0.25) is 5.91 Å². The summed E-state index contributed by atoms with van der Waals surface area (Å²) in [6.45, 7) is 2.23. The van der Waals surface area contributed by atoms with Gasteiger partial charge in [-0.2, -0.15) is 0 Å². The van der Waals surface area contributed by atoms with Crippen molar-refractivity contribution < 1.29 is 4.79 Å². The van der Waals surface area contributed by atoms with Crippen LogP contribution >= 0.6 is 11.6 Å². The summed E-state index contributed by atoms with van der Waals surface area (Å²) in [5.74, 6) is -0.0679. The summed E-state index contributed by atoms with van der Waals surface area (Å²) in [6.07, 6.45) is 0. The molecule has 0 aliphatic heterocycles. The van der Waals surface area contributed by atoms with Crippen LogP contribution in [-0.4, -0.2) is 19.5 Å². The van der Waals surface area contributed by atoms with Gasteiger partial charge < -0.3 is 10.2 Å². The highest BCUT2D eigenvalue weighted by Gasteiger charge is 2.09. The summed E-state index contributed by atoms with van der Waals surface area (Å²) in [5, 5.41) is 3.50. The van der Waals surface area contributed by atoms with Crippen molar-refractivity contribution in [1.82, 2.24) is 0 Å². The standard InChI is InChI=1S/C16H17ClN2O/c1-12-8-9-13(17)10-15(12)18-16(20)11-19(2)14-6-4-3-5-7-14/h3-10H,11H2,1-2H3,(H,18,20). The third-order valence-electron chi connectivity index (χ3n) is 3.05. The maximum Gasteiger partial charge on any atom is 0.243 e. The van der Waals surface area contributed by atoms with Crippen LogP contribution in [0.2, 0.25) is 5.02 Å². The molecule has 2 aromatic rings. The fraction of sp³-hybridized carbons (Fsp3) is 0.188. The lowest BCUT2D eigenvalue weighted by Crippen LogP contribution is -2.30. The number of amides is 1. The second kappa shape index (κ2) is 6.44. The molecule has 20 heavy (non-hydrogen) atoms. The zero-order valence-electron chi connectivity index (χ0n) is 11.6. The number of nitrogens with one attached hydrogen (secondary N) is 1. The van der Waals surface area contributed by atoms with E-state index in [4.69, 9.17) is 11.6 Å². The van der Waals surface area contributed by atoms with Gasteiger partial charge in [0.05, 0.1) is 6.54 Å². The lowest BCUT2D eigenvalue weighted by Gasteiger charge is -2.19. The molecule has 0 saturated carbocycles. The highest BCUT2D eigenvalue weighted by Crippen LogP contribution is 2.20. The van der Waals surface area contributed by atoms with Crippen molar-refractivity contribution in [3.8, 4) is 0 Å². The van der Waals surface area contributed by atoms with E-state index in [1.54, 1.807) is 6.07 Å². The molecule has 0 unspecified atom stereocenters. The highest BCUT2D eigenvalue weighted by atomic mass is 35.5. The minimum Gasteiger partial charge on any atom is -0.365 e. The largest absolute Gasteiger partial charge is 0.365 e. The van der Waals surface area contributed by atoms with Crippen LogP contribution in [0.15, 0.2) is 48.5 Å². The Bertz CT molecular complexity index is 599. The summed E-state index contributed by atoms with van der Waals surface area (Å²) in [6, 6.07) is 15.2. The van der Waals surface area contributed by atoms with Crippen molar-refractivity contribution in [2.75, 3.05) is 23.8 Å². The predicted molar refractivity (Wildman–Crippen MR) is 84.5 cm³/mol. The van der Waals surface area contributed by atoms with Crippen LogP contribution in [-0.2, 0) is 4.79 Å². The number of aryl methyl sites for hydroxylation is 1. The normalized spacial score (nSPS) is 10.2. The van der Waals surface area contributed by atoms with Gasteiger partial charge in [-0.05, 0) is 36.8 Å². The van der Waals surface area contributed by atoms with E-state index in [1.807, 2.05) is 61.3 Å². The molecular weight excluding hydrogens is 272 g/mol. The van der Waals surface area contributed by atoms with Gasteiger partial charge in [0.1, 0.15) is 0 Å². The smallest absolute Gasteiger partial charge is 0.243 e. The van der Waals surface area contributed by atoms with Gasteiger partial charge in [-0.1, -0.05) is 35.9 Å². The van der Waals surface area contributed by atoms with Gasteiger partial charge in [-0.15, -0.1) is 0 Å². The van der Waals surface area contributed by atoms with Crippen LogP contribution in [0.1, 0.15) is 5.56 Å². The molecule has 104 valence electrons. The van der Waals surface area contributed by atoms with Crippen LogP contribution < -0.4 is 10.2 Å². The van der Waals surface area contributed by atoms with Crippen LogP contribution in [0.3, 0.4) is 0 Å². The van der Waals surface area contributed by atoms with Crippen molar-refractivity contribution in [1.29, 1.82) is 0 Å². The molecule has 0 aliphatic rings. The molecule has 0 spiro atoms. The van der Waals surface area contributed by atoms with E-state index in [0.29, 0.717) is 5.02 Å². The molecular formula is C16H17ClN2O. The highest BCUT2D eigenvalue weighted by molar-refractivity contribution is 6.31. The van der Waals surface area contributed by atoms with Crippen molar-refractivity contribution >= 4 is 28.9 Å². The van der Waals surface area contributed by atoms with Gasteiger partial charge in [0.15, 0.2) is 0 Å². The molecule has 0 aromatic heterocycles. The minimum atomic E-state index is -0.0679. The molecule has 1 amide bonds. The number of carbonyl (C=O) groups is 1. The fourth-order valence-electron chi connectivity index (χ4n) is 1.91. The molecule has 0 saturated heterocycles. The second-order valence-corrected chi connectivity index (χ2v) is 5.14. The maximum atomic E-state index is 12.1. The molecule has 0 heterocycles. The third kappa shape index (κ3) is 3.75. The fourth-order valence-corrected chi connectivity index (χ4v) is 2.08. The number of likely N-dealkylation sites (N-methyl/N-ethyl adjacent to an activating group) is 1. The summed E-state index contributed by atoms with van der Waals surface area (Å²) >= 11 is 5.94. The van der Waals surface area contributed by atoms with Crippen LogP contribution in [0.5, 0.6) is 0 Å². The molecule has 0 aliphatic carbocycles. The van der Waals surface area contributed by atoms with Gasteiger partial charge in [-0.3, -0.25) is 4.79 Å². The second-order valence-electron chi connectivity index (χ2n) is 4.70. The molecule has 0 bridgehead atoms. The average Bonchev–Trinajstić information content (AvgIpc) is 2.43. The Balaban J connectivity index is 2.01. The van der Waals surface area contributed by atoms with E-state index < -0.39 is 0 Å². The van der Waals surface area contributed by atoms with Crippen LogP contribution in [0, 0.1) is 6.92 Å².